The number of methoxy groups -OCH3 is 1. The largest absolute Gasteiger partial charge is 0.453 e. The average molecular weight is 404 g/mol. The molecule has 1 aromatic heterocycles. The van der Waals surface area contributed by atoms with Gasteiger partial charge < -0.3 is 14.5 Å². The number of hydrogen-bond acceptors (Lipinski definition) is 4. The van der Waals surface area contributed by atoms with E-state index in [4.69, 9.17) is 4.74 Å². The van der Waals surface area contributed by atoms with Gasteiger partial charge in [0.1, 0.15) is 6.67 Å². The van der Waals surface area contributed by atoms with E-state index in [0.717, 1.165) is 62.9 Å². The molecule has 0 aliphatic carbocycles. The van der Waals surface area contributed by atoms with Crippen LogP contribution in [0.4, 0.5) is 9.18 Å². The maximum Gasteiger partial charge on any atom is 0.409 e. The lowest BCUT2D eigenvalue weighted by Gasteiger charge is -2.41. The molecule has 29 heavy (non-hydrogen) atoms. The molecular formula is C21H29FN4O3. The molecule has 0 saturated carbocycles. The van der Waals surface area contributed by atoms with E-state index in [1.165, 1.54) is 7.11 Å². The molecule has 2 aromatic rings. The van der Waals surface area contributed by atoms with Gasteiger partial charge in [-0.2, -0.15) is 0 Å². The predicted molar refractivity (Wildman–Crippen MR) is 109 cm³/mol. The standard InChI is InChI=1S/C21H29FN4O3/c1-29-21(28)24-13-6-16(7-14-24)23-11-8-17(9-12-23)26-19-5-3-2-4-18(19)25(15-10-22)20(26)27/h2-5,16-17H,6-15H2,1H3. The van der Waals surface area contributed by atoms with Gasteiger partial charge in [-0.1, -0.05) is 12.1 Å². The van der Waals surface area contributed by atoms with E-state index in [0.29, 0.717) is 6.04 Å². The Kier molecular flexibility index (Phi) is 5.89. The van der Waals surface area contributed by atoms with Gasteiger partial charge in [-0.05, 0) is 37.8 Å². The molecule has 2 fully saturated rings. The molecule has 2 aliphatic heterocycles. The third-order valence-corrected chi connectivity index (χ3v) is 6.46. The molecule has 4 rings (SSSR count). The Morgan fingerprint density at radius 3 is 2.28 bits per heavy atom. The van der Waals surface area contributed by atoms with Crippen molar-refractivity contribution in [2.45, 2.75) is 44.3 Å². The maximum absolute atomic E-state index is 13.0. The van der Waals surface area contributed by atoms with Gasteiger partial charge in [-0.25, -0.2) is 14.0 Å². The second-order valence-electron chi connectivity index (χ2n) is 7.94. The number of amides is 1. The van der Waals surface area contributed by atoms with Crippen LogP contribution in [0.2, 0.25) is 0 Å². The van der Waals surface area contributed by atoms with Crippen molar-refractivity contribution in [2.24, 2.45) is 0 Å². The summed E-state index contributed by atoms with van der Waals surface area (Å²) < 4.78 is 21.2. The minimum Gasteiger partial charge on any atom is -0.453 e. The molecule has 0 radical (unpaired) electrons. The zero-order valence-electron chi connectivity index (χ0n) is 16.9. The number of ether oxygens (including phenoxy) is 1. The summed E-state index contributed by atoms with van der Waals surface area (Å²) in [4.78, 5) is 28.9. The van der Waals surface area contributed by atoms with E-state index < -0.39 is 6.67 Å². The summed E-state index contributed by atoms with van der Waals surface area (Å²) in [7, 11) is 1.42. The van der Waals surface area contributed by atoms with Crippen LogP contribution in [0.5, 0.6) is 0 Å². The number of aryl methyl sites for hydroxylation is 1. The zero-order chi connectivity index (χ0) is 20.4. The Morgan fingerprint density at radius 2 is 1.66 bits per heavy atom. The van der Waals surface area contributed by atoms with Crippen LogP contribution in [-0.4, -0.2) is 71.0 Å². The number of imidazole rings is 1. The molecule has 1 aromatic carbocycles. The zero-order valence-corrected chi connectivity index (χ0v) is 16.9. The lowest BCUT2D eigenvalue weighted by molar-refractivity contribution is 0.0685. The Morgan fingerprint density at radius 1 is 1.03 bits per heavy atom. The molecule has 1 amide bonds. The van der Waals surface area contributed by atoms with Gasteiger partial charge in [0.05, 0.1) is 24.7 Å². The first-order valence-electron chi connectivity index (χ1n) is 10.5. The molecule has 0 unspecified atom stereocenters. The topological polar surface area (TPSA) is 59.7 Å². The summed E-state index contributed by atoms with van der Waals surface area (Å²) in [5.41, 5.74) is 1.61. The highest BCUT2D eigenvalue weighted by molar-refractivity contribution is 5.76. The molecule has 0 N–H and O–H groups in total. The van der Waals surface area contributed by atoms with Crippen molar-refractivity contribution in [1.29, 1.82) is 0 Å². The normalized spacial score (nSPS) is 19.7. The van der Waals surface area contributed by atoms with Crippen LogP contribution >= 0.6 is 0 Å². The summed E-state index contributed by atoms with van der Waals surface area (Å²) in [6.45, 7) is 2.88. The molecule has 2 saturated heterocycles. The highest BCUT2D eigenvalue weighted by Crippen LogP contribution is 2.29. The fourth-order valence-electron chi connectivity index (χ4n) is 4.94. The third kappa shape index (κ3) is 3.77. The Bertz CT molecular complexity index is 908. The van der Waals surface area contributed by atoms with Crippen LogP contribution in [0, 0.1) is 0 Å². The van der Waals surface area contributed by atoms with Crippen molar-refractivity contribution in [3.05, 3.63) is 34.7 Å². The monoisotopic (exact) mass is 404 g/mol. The third-order valence-electron chi connectivity index (χ3n) is 6.46. The van der Waals surface area contributed by atoms with E-state index in [2.05, 4.69) is 4.90 Å². The molecule has 3 heterocycles. The minimum atomic E-state index is -0.545. The van der Waals surface area contributed by atoms with Crippen LogP contribution in [0.1, 0.15) is 31.7 Å². The van der Waals surface area contributed by atoms with E-state index in [1.807, 2.05) is 28.8 Å². The van der Waals surface area contributed by atoms with E-state index >= 15 is 0 Å². The average Bonchev–Trinajstić information content (AvgIpc) is 3.05. The van der Waals surface area contributed by atoms with Gasteiger partial charge in [0, 0.05) is 38.3 Å². The smallest absolute Gasteiger partial charge is 0.409 e. The summed E-state index contributed by atoms with van der Waals surface area (Å²) in [6.07, 6.45) is 3.47. The van der Waals surface area contributed by atoms with Crippen LogP contribution in [-0.2, 0) is 11.3 Å². The second kappa shape index (κ2) is 8.57. The molecular weight excluding hydrogens is 375 g/mol. The Hall–Kier alpha value is -2.35. The van der Waals surface area contributed by atoms with Gasteiger partial charge in [-0.3, -0.25) is 9.13 Å². The quantitative estimate of drug-likeness (QED) is 0.786. The van der Waals surface area contributed by atoms with Crippen molar-refractivity contribution in [3.8, 4) is 0 Å². The number of rotatable bonds is 4. The molecule has 0 atom stereocenters. The van der Waals surface area contributed by atoms with E-state index in [1.54, 1.807) is 9.47 Å². The molecule has 0 bridgehead atoms. The fourth-order valence-corrected chi connectivity index (χ4v) is 4.94. The van der Waals surface area contributed by atoms with Crippen molar-refractivity contribution in [2.75, 3.05) is 40.0 Å². The molecule has 7 nitrogen and oxygen atoms in total. The van der Waals surface area contributed by atoms with Crippen molar-refractivity contribution in [3.63, 3.8) is 0 Å². The molecule has 158 valence electrons. The van der Waals surface area contributed by atoms with Gasteiger partial charge in [0.2, 0.25) is 0 Å². The highest BCUT2D eigenvalue weighted by atomic mass is 19.1. The minimum absolute atomic E-state index is 0.101. The number of nitrogens with zero attached hydrogens (tertiary/aromatic N) is 4. The summed E-state index contributed by atoms with van der Waals surface area (Å²) in [6, 6.07) is 8.29. The number of carbonyl (C=O) groups is 1. The molecule has 0 spiro atoms. The molecule has 8 heteroatoms. The first-order chi connectivity index (χ1) is 14.1. The van der Waals surface area contributed by atoms with Crippen LogP contribution in [0.15, 0.2) is 29.1 Å². The number of piperidine rings is 2. The first kappa shape index (κ1) is 19.9. The van der Waals surface area contributed by atoms with Crippen molar-refractivity contribution in [1.82, 2.24) is 18.9 Å². The first-order valence-corrected chi connectivity index (χ1v) is 10.5. The second-order valence-corrected chi connectivity index (χ2v) is 7.94. The van der Waals surface area contributed by atoms with Gasteiger partial charge in [-0.15, -0.1) is 0 Å². The number of halogens is 1. The molecule has 2 aliphatic rings. The lowest BCUT2D eigenvalue weighted by Crippen LogP contribution is -2.49. The van der Waals surface area contributed by atoms with E-state index in [-0.39, 0.29) is 24.4 Å². The Labute approximate surface area is 169 Å². The number of hydrogen-bond donors (Lipinski definition) is 0. The van der Waals surface area contributed by atoms with Crippen molar-refractivity contribution < 1.29 is 13.9 Å². The summed E-state index contributed by atoms with van der Waals surface area (Å²) >= 11 is 0. The van der Waals surface area contributed by atoms with Crippen LogP contribution in [0.3, 0.4) is 0 Å². The van der Waals surface area contributed by atoms with Crippen LogP contribution in [0.25, 0.3) is 11.0 Å². The SMILES string of the molecule is COC(=O)N1CCC(N2CCC(n3c(=O)n(CCF)c4ccccc43)CC2)CC1. The fraction of sp³-hybridized carbons (Fsp3) is 0.619. The van der Waals surface area contributed by atoms with Gasteiger partial charge in [0.15, 0.2) is 0 Å². The van der Waals surface area contributed by atoms with E-state index in [9.17, 15) is 14.0 Å². The van der Waals surface area contributed by atoms with Crippen LogP contribution < -0.4 is 5.69 Å². The number of aromatic nitrogens is 2. The number of likely N-dealkylation sites (tertiary alicyclic amines) is 2. The predicted octanol–water partition coefficient (Wildman–Crippen LogP) is 2.64. The van der Waals surface area contributed by atoms with Crippen molar-refractivity contribution >= 4 is 17.1 Å². The summed E-state index contributed by atoms with van der Waals surface area (Å²) in [5.74, 6) is 0. The Balaban J connectivity index is 1.44. The summed E-state index contributed by atoms with van der Waals surface area (Å²) in [5, 5.41) is 0. The maximum atomic E-state index is 13.0. The highest BCUT2D eigenvalue weighted by Gasteiger charge is 2.31. The van der Waals surface area contributed by atoms with Gasteiger partial charge in [0.25, 0.3) is 0 Å². The van der Waals surface area contributed by atoms with Gasteiger partial charge >= 0.3 is 11.8 Å². The number of fused-ring (bicyclic) bond motifs is 1. The number of benzene rings is 1. The number of alkyl halides is 1. The number of para-hydroxylation sites is 2. The lowest BCUT2D eigenvalue weighted by atomic mass is 9.97. The number of carbonyl (C=O) groups excluding carboxylic acids is 1.